The molecule has 1 heterocycles. The highest BCUT2D eigenvalue weighted by Gasteiger charge is 2.30. The van der Waals surface area contributed by atoms with Gasteiger partial charge in [0.25, 0.3) is 5.91 Å². The van der Waals surface area contributed by atoms with E-state index in [0.29, 0.717) is 17.8 Å². The smallest absolute Gasteiger partial charge is 0.351 e. The molecule has 146 valence electrons. The molecule has 1 N–H and O–H groups in total. The summed E-state index contributed by atoms with van der Waals surface area (Å²) < 4.78 is 18.3. The minimum absolute atomic E-state index is 0.168. The third kappa shape index (κ3) is 5.64. The Morgan fingerprint density at radius 3 is 2.79 bits per heavy atom. The van der Waals surface area contributed by atoms with Crippen molar-refractivity contribution < 1.29 is 23.6 Å². The molecule has 1 amide bonds. The van der Waals surface area contributed by atoms with E-state index < -0.39 is 17.9 Å². The van der Waals surface area contributed by atoms with Crippen LogP contribution < -0.4 is 5.32 Å². The Balaban J connectivity index is 1.33. The number of nitrogens with one attached hydrogen (secondary N) is 1. The maximum absolute atomic E-state index is 13.3. The lowest BCUT2D eigenvalue weighted by Crippen LogP contribution is -2.32. The third-order valence-corrected chi connectivity index (χ3v) is 4.24. The molecule has 0 radical (unpaired) electrons. The van der Waals surface area contributed by atoms with Gasteiger partial charge in [-0.05, 0) is 30.5 Å². The van der Waals surface area contributed by atoms with Crippen LogP contribution in [0.25, 0.3) is 0 Å². The number of esters is 1. The Hall–Kier alpha value is -3.22. The molecule has 0 spiro atoms. The van der Waals surface area contributed by atoms with Gasteiger partial charge in [-0.15, -0.1) is 0 Å². The third-order valence-electron chi connectivity index (χ3n) is 4.24. The van der Waals surface area contributed by atoms with Crippen molar-refractivity contribution >= 4 is 17.6 Å². The fourth-order valence-electron chi connectivity index (χ4n) is 2.79. The summed E-state index contributed by atoms with van der Waals surface area (Å²) >= 11 is 0. The van der Waals surface area contributed by atoms with E-state index in [1.165, 1.54) is 17.7 Å². The van der Waals surface area contributed by atoms with E-state index in [4.69, 9.17) is 9.57 Å². The predicted molar refractivity (Wildman–Crippen MR) is 101 cm³/mol. The summed E-state index contributed by atoms with van der Waals surface area (Å²) in [6, 6.07) is 15.9. The van der Waals surface area contributed by atoms with E-state index in [-0.39, 0.29) is 18.9 Å². The molecule has 1 aliphatic heterocycles. The minimum Gasteiger partial charge on any atom is -0.453 e. The van der Waals surface area contributed by atoms with Crippen LogP contribution in [0.1, 0.15) is 24.0 Å². The van der Waals surface area contributed by atoms with Crippen LogP contribution in [0, 0.1) is 5.82 Å². The van der Waals surface area contributed by atoms with Crippen molar-refractivity contribution in [3.63, 3.8) is 0 Å². The lowest BCUT2D eigenvalue weighted by Gasteiger charge is -2.09. The molecule has 0 fully saturated rings. The summed E-state index contributed by atoms with van der Waals surface area (Å²) in [6.07, 6.45) is 0.891. The molecule has 1 unspecified atom stereocenters. The molecule has 0 aromatic heterocycles. The standard InChI is InChI=1S/C21H21FN2O4/c22-17-10-4-9-16(12-17)18-13-19(28-24-18)21(26)27-14-20(25)23-11-5-8-15-6-2-1-3-7-15/h1-4,6-7,9-10,12,19H,5,8,11,13-14H2,(H,23,25). The number of ether oxygens (including phenoxy) is 1. The van der Waals surface area contributed by atoms with Gasteiger partial charge in [0, 0.05) is 18.5 Å². The monoisotopic (exact) mass is 384 g/mol. The maximum Gasteiger partial charge on any atom is 0.351 e. The Morgan fingerprint density at radius 2 is 2.00 bits per heavy atom. The highest BCUT2D eigenvalue weighted by molar-refractivity contribution is 6.03. The van der Waals surface area contributed by atoms with E-state index in [0.717, 1.165) is 12.8 Å². The van der Waals surface area contributed by atoms with Crippen LogP contribution in [0.5, 0.6) is 0 Å². The molecule has 7 heteroatoms. The normalized spacial score (nSPS) is 15.5. The van der Waals surface area contributed by atoms with Gasteiger partial charge in [0.15, 0.2) is 6.61 Å². The van der Waals surface area contributed by atoms with Gasteiger partial charge in [-0.2, -0.15) is 0 Å². The number of hydrogen-bond donors (Lipinski definition) is 1. The van der Waals surface area contributed by atoms with Gasteiger partial charge in [0.2, 0.25) is 6.10 Å². The summed E-state index contributed by atoms with van der Waals surface area (Å²) in [5, 5.41) is 6.53. The predicted octanol–water partition coefficient (Wildman–Crippen LogP) is 2.61. The Labute approximate surface area is 162 Å². The van der Waals surface area contributed by atoms with Crippen LogP contribution in [0.2, 0.25) is 0 Å². The van der Waals surface area contributed by atoms with Crippen molar-refractivity contribution in [3.05, 3.63) is 71.5 Å². The fourth-order valence-corrected chi connectivity index (χ4v) is 2.79. The van der Waals surface area contributed by atoms with Gasteiger partial charge in [0.05, 0.1) is 5.71 Å². The number of nitrogens with zero attached hydrogens (tertiary/aromatic N) is 1. The number of hydrogen-bond acceptors (Lipinski definition) is 5. The first-order valence-corrected chi connectivity index (χ1v) is 9.08. The zero-order chi connectivity index (χ0) is 19.8. The average Bonchev–Trinajstić information content (AvgIpc) is 3.21. The van der Waals surface area contributed by atoms with E-state index in [9.17, 15) is 14.0 Å². The number of carbonyl (C=O) groups is 2. The summed E-state index contributed by atoms with van der Waals surface area (Å²) in [6.45, 7) is 0.122. The lowest BCUT2D eigenvalue weighted by molar-refractivity contribution is -0.158. The number of halogens is 1. The van der Waals surface area contributed by atoms with E-state index in [1.807, 2.05) is 30.3 Å². The zero-order valence-corrected chi connectivity index (χ0v) is 15.3. The maximum atomic E-state index is 13.3. The van der Waals surface area contributed by atoms with Gasteiger partial charge in [-0.1, -0.05) is 47.6 Å². The van der Waals surface area contributed by atoms with Gasteiger partial charge in [0.1, 0.15) is 5.82 Å². The van der Waals surface area contributed by atoms with Crippen molar-refractivity contribution in [1.82, 2.24) is 5.32 Å². The molecule has 28 heavy (non-hydrogen) atoms. The number of oxime groups is 1. The largest absolute Gasteiger partial charge is 0.453 e. The first kappa shape index (κ1) is 19.5. The molecular weight excluding hydrogens is 363 g/mol. The average molecular weight is 384 g/mol. The topological polar surface area (TPSA) is 77.0 Å². The Bertz CT molecular complexity index is 854. The lowest BCUT2D eigenvalue weighted by atomic mass is 10.1. The molecule has 2 aromatic rings. The van der Waals surface area contributed by atoms with Crippen molar-refractivity contribution in [2.45, 2.75) is 25.4 Å². The second kappa shape index (κ2) is 9.64. The molecule has 0 saturated carbocycles. The molecule has 0 aliphatic carbocycles. The first-order chi connectivity index (χ1) is 13.6. The van der Waals surface area contributed by atoms with E-state index in [2.05, 4.69) is 10.5 Å². The molecule has 6 nitrogen and oxygen atoms in total. The first-order valence-electron chi connectivity index (χ1n) is 9.08. The van der Waals surface area contributed by atoms with Crippen molar-refractivity contribution in [3.8, 4) is 0 Å². The molecular formula is C21H21FN2O4. The molecule has 0 bridgehead atoms. The Morgan fingerprint density at radius 1 is 1.18 bits per heavy atom. The number of amides is 1. The van der Waals surface area contributed by atoms with E-state index in [1.54, 1.807) is 12.1 Å². The fraction of sp³-hybridized carbons (Fsp3) is 0.286. The molecule has 2 aromatic carbocycles. The number of aryl methyl sites for hydroxylation is 1. The number of rotatable bonds is 8. The summed E-state index contributed by atoms with van der Waals surface area (Å²) in [5.41, 5.74) is 2.22. The molecule has 1 atom stereocenters. The number of benzene rings is 2. The van der Waals surface area contributed by atoms with Crippen LogP contribution in [0.15, 0.2) is 59.8 Å². The second-order valence-electron chi connectivity index (χ2n) is 6.39. The minimum atomic E-state index is -0.927. The molecule has 1 aliphatic rings. The van der Waals surface area contributed by atoms with Crippen LogP contribution in [-0.2, 0) is 25.6 Å². The molecule has 3 rings (SSSR count). The van der Waals surface area contributed by atoms with Gasteiger partial charge < -0.3 is 14.9 Å². The zero-order valence-electron chi connectivity index (χ0n) is 15.3. The second-order valence-corrected chi connectivity index (χ2v) is 6.39. The van der Waals surface area contributed by atoms with Crippen LogP contribution in [0.4, 0.5) is 4.39 Å². The van der Waals surface area contributed by atoms with Crippen LogP contribution >= 0.6 is 0 Å². The SMILES string of the molecule is O=C(COC(=O)C1CC(c2cccc(F)c2)=NO1)NCCCc1ccccc1. The summed E-state index contributed by atoms with van der Waals surface area (Å²) in [5.74, 6) is -1.43. The van der Waals surface area contributed by atoms with Gasteiger partial charge in [-0.25, -0.2) is 9.18 Å². The van der Waals surface area contributed by atoms with Crippen LogP contribution in [0.3, 0.4) is 0 Å². The highest BCUT2D eigenvalue weighted by Crippen LogP contribution is 2.18. The summed E-state index contributed by atoms with van der Waals surface area (Å²) in [4.78, 5) is 28.9. The Kier molecular flexibility index (Phi) is 6.73. The highest BCUT2D eigenvalue weighted by atomic mass is 19.1. The summed E-state index contributed by atoms with van der Waals surface area (Å²) in [7, 11) is 0. The quantitative estimate of drug-likeness (QED) is 0.561. The van der Waals surface area contributed by atoms with Crippen LogP contribution in [-0.4, -0.2) is 36.8 Å². The number of carbonyl (C=O) groups excluding carboxylic acids is 2. The van der Waals surface area contributed by atoms with Crippen molar-refractivity contribution in [2.75, 3.05) is 13.2 Å². The van der Waals surface area contributed by atoms with Crippen molar-refractivity contribution in [1.29, 1.82) is 0 Å². The van der Waals surface area contributed by atoms with E-state index >= 15 is 0 Å². The van der Waals surface area contributed by atoms with Gasteiger partial charge >= 0.3 is 5.97 Å². The molecule has 0 saturated heterocycles. The van der Waals surface area contributed by atoms with Crippen molar-refractivity contribution in [2.24, 2.45) is 5.16 Å². The van der Waals surface area contributed by atoms with Gasteiger partial charge in [-0.3, -0.25) is 4.79 Å².